The number of aryl methyl sites for hydroxylation is 2. The average molecular weight is 399 g/mol. The van der Waals surface area contributed by atoms with E-state index in [0.717, 1.165) is 31.3 Å². The first-order valence-electron chi connectivity index (χ1n) is 8.99. The zero-order valence-corrected chi connectivity index (χ0v) is 17.1. The smallest absolute Gasteiger partial charge is 0.293 e. The molecule has 7 nitrogen and oxygen atoms in total. The third kappa shape index (κ3) is 4.18. The minimum absolute atomic E-state index is 0.0258. The fourth-order valence-corrected chi connectivity index (χ4v) is 4.05. The second-order valence-electron chi connectivity index (χ2n) is 7.02. The Morgan fingerprint density at radius 2 is 1.96 bits per heavy atom. The van der Waals surface area contributed by atoms with E-state index in [2.05, 4.69) is 10.3 Å². The van der Waals surface area contributed by atoms with Crippen LogP contribution in [-0.4, -0.2) is 29.4 Å². The lowest BCUT2D eigenvalue weighted by molar-refractivity contribution is -0.902. The standard InChI is InChI=1S/C20H22N4O3S/c1-12-9-16(17(24(26)27)10-13(12)2)21-19(25)11-23(4)14(3)20-22-15-7-5-6-8-18(15)28-20/h5-10,14H,11H2,1-4H3,(H,21,25)/p+1/t14-/m1/s1. The summed E-state index contributed by atoms with van der Waals surface area (Å²) < 4.78 is 1.12. The van der Waals surface area contributed by atoms with E-state index in [1.807, 2.05) is 52.1 Å². The molecular formula is C20H23N4O3S+. The van der Waals surface area contributed by atoms with Crippen molar-refractivity contribution in [3.63, 3.8) is 0 Å². The fourth-order valence-electron chi connectivity index (χ4n) is 2.94. The van der Waals surface area contributed by atoms with Gasteiger partial charge in [0.1, 0.15) is 11.7 Å². The summed E-state index contributed by atoms with van der Waals surface area (Å²) in [6, 6.07) is 11.1. The predicted octanol–water partition coefficient (Wildman–Crippen LogP) is 3.04. The van der Waals surface area contributed by atoms with Crippen LogP contribution in [0.5, 0.6) is 0 Å². The highest BCUT2D eigenvalue weighted by Crippen LogP contribution is 2.28. The molecule has 8 heteroatoms. The summed E-state index contributed by atoms with van der Waals surface area (Å²) in [6.07, 6.45) is 0. The fraction of sp³-hybridized carbons (Fsp3) is 0.300. The monoisotopic (exact) mass is 399 g/mol. The largest absolute Gasteiger partial charge is 0.322 e. The van der Waals surface area contributed by atoms with E-state index in [-0.39, 0.29) is 29.9 Å². The minimum Gasteiger partial charge on any atom is -0.322 e. The van der Waals surface area contributed by atoms with Crippen LogP contribution >= 0.6 is 11.3 Å². The van der Waals surface area contributed by atoms with Gasteiger partial charge in [0.25, 0.3) is 11.6 Å². The lowest BCUT2D eigenvalue weighted by Gasteiger charge is -2.19. The molecule has 0 fully saturated rings. The van der Waals surface area contributed by atoms with Gasteiger partial charge in [-0.25, -0.2) is 4.98 Å². The van der Waals surface area contributed by atoms with E-state index in [1.54, 1.807) is 17.4 Å². The molecule has 2 aromatic carbocycles. The van der Waals surface area contributed by atoms with Crippen molar-refractivity contribution >= 4 is 38.8 Å². The average Bonchev–Trinajstić information content (AvgIpc) is 3.07. The Bertz CT molecular complexity index is 1010. The Morgan fingerprint density at radius 3 is 2.64 bits per heavy atom. The summed E-state index contributed by atoms with van der Waals surface area (Å²) in [5.74, 6) is -0.267. The molecule has 0 aliphatic rings. The van der Waals surface area contributed by atoms with E-state index in [4.69, 9.17) is 0 Å². The van der Waals surface area contributed by atoms with Crippen LogP contribution in [-0.2, 0) is 4.79 Å². The van der Waals surface area contributed by atoms with Gasteiger partial charge in [0.15, 0.2) is 11.6 Å². The Morgan fingerprint density at radius 1 is 1.29 bits per heavy atom. The first kappa shape index (κ1) is 19.9. The highest BCUT2D eigenvalue weighted by molar-refractivity contribution is 7.18. The molecule has 0 aliphatic heterocycles. The summed E-state index contributed by atoms with van der Waals surface area (Å²) in [5.41, 5.74) is 2.81. The maximum atomic E-state index is 12.5. The van der Waals surface area contributed by atoms with Gasteiger partial charge < -0.3 is 10.2 Å². The summed E-state index contributed by atoms with van der Waals surface area (Å²) in [6.45, 7) is 5.88. The van der Waals surface area contributed by atoms with Gasteiger partial charge in [-0.3, -0.25) is 14.9 Å². The Labute approximate surface area is 167 Å². The molecule has 146 valence electrons. The molecule has 0 saturated carbocycles. The second-order valence-corrected chi connectivity index (χ2v) is 8.09. The number of aromatic nitrogens is 1. The molecule has 0 spiro atoms. The van der Waals surface area contributed by atoms with E-state index >= 15 is 0 Å². The summed E-state index contributed by atoms with van der Waals surface area (Å²) >= 11 is 1.62. The van der Waals surface area contributed by atoms with Crippen molar-refractivity contribution in [3.8, 4) is 0 Å². The molecule has 0 radical (unpaired) electrons. The molecule has 1 aromatic heterocycles. The van der Waals surface area contributed by atoms with Crippen LogP contribution in [0.1, 0.15) is 29.1 Å². The Hall–Kier alpha value is -2.84. The zero-order valence-electron chi connectivity index (χ0n) is 16.3. The van der Waals surface area contributed by atoms with Crippen molar-refractivity contribution in [2.75, 3.05) is 18.9 Å². The highest BCUT2D eigenvalue weighted by Gasteiger charge is 2.24. The number of likely N-dealkylation sites (N-methyl/N-ethyl adjacent to an activating group) is 1. The first-order chi connectivity index (χ1) is 13.3. The molecule has 1 unspecified atom stereocenters. The zero-order chi connectivity index (χ0) is 20.4. The SMILES string of the molecule is Cc1cc(NC(=O)C[NH+](C)[C@H](C)c2nc3ccccc3s2)c([N+](=O)[O-])cc1C. The molecule has 2 N–H and O–H groups in total. The molecule has 1 heterocycles. The molecule has 1 amide bonds. The summed E-state index contributed by atoms with van der Waals surface area (Å²) in [4.78, 5) is 29.0. The van der Waals surface area contributed by atoms with Crippen LogP contribution in [0.2, 0.25) is 0 Å². The second kappa shape index (κ2) is 8.04. The normalized spacial score (nSPS) is 13.3. The van der Waals surface area contributed by atoms with Gasteiger partial charge in [0.2, 0.25) is 0 Å². The van der Waals surface area contributed by atoms with Crippen LogP contribution in [0, 0.1) is 24.0 Å². The van der Waals surface area contributed by atoms with Crippen molar-refractivity contribution in [1.29, 1.82) is 0 Å². The number of thiazole rings is 1. The molecule has 0 aliphatic carbocycles. The molecule has 0 bridgehead atoms. The number of fused-ring (bicyclic) bond motifs is 1. The van der Waals surface area contributed by atoms with Crippen LogP contribution < -0.4 is 10.2 Å². The van der Waals surface area contributed by atoms with Crippen molar-refractivity contribution in [3.05, 3.63) is 62.6 Å². The summed E-state index contributed by atoms with van der Waals surface area (Å²) in [5, 5.41) is 15.0. The number of anilines is 1. The number of quaternary nitrogens is 1. The number of amides is 1. The van der Waals surface area contributed by atoms with Crippen molar-refractivity contribution in [2.24, 2.45) is 0 Å². The third-order valence-electron chi connectivity index (χ3n) is 4.94. The predicted molar refractivity (Wildman–Crippen MR) is 111 cm³/mol. The van der Waals surface area contributed by atoms with Crippen LogP contribution in [0.25, 0.3) is 10.2 Å². The summed E-state index contributed by atoms with van der Waals surface area (Å²) in [7, 11) is 1.92. The van der Waals surface area contributed by atoms with Gasteiger partial charge in [-0.2, -0.15) is 0 Å². The maximum Gasteiger partial charge on any atom is 0.293 e. The van der Waals surface area contributed by atoms with Crippen LogP contribution in [0.15, 0.2) is 36.4 Å². The number of benzene rings is 2. The number of nitro benzene ring substituents is 1. The number of para-hydroxylation sites is 1. The number of nitrogens with zero attached hydrogens (tertiary/aromatic N) is 2. The molecule has 0 saturated heterocycles. The third-order valence-corrected chi connectivity index (χ3v) is 6.16. The van der Waals surface area contributed by atoms with Crippen molar-refractivity contribution in [1.82, 2.24) is 4.98 Å². The van der Waals surface area contributed by atoms with Gasteiger partial charge in [0.05, 0.1) is 22.2 Å². The number of nitro groups is 1. The van der Waals surface area contributed by atoms with Gasteiger partial charge in [0, 0.05) is 6.07 Å². The van der Waals surface area contributed by atoms with Gasteiger partial charge in [-0.1, -0.05) is 12.1 Å². The van der Waals surface area contributed by atoms with E-state index < -0.39 is 4.92 Å². The molecule has 3 aromatic rings. The van der Waals surface area contributed by atoms with Gasteiger partial charge in [-0.15, -0.1) is 11.3 Å². The molecular weight excluding hydrogens is 376 g/mol. The van der Waals surface area contributed by atoms with Gasteiger partial charge >= 0.3 is 0 Å². The number of carbonyl (C=O) groups is 1. The molecule has 28 heavy (non-hydrogen) atoms. The number of rotatable bonds is 6. The first-order valence-corrected chi connectivity index (χ1v) is 9.81. The van der Waals surface area contributed by atoms with Crippen molar-refractivity contribution in [2.45, 2.75) is 26.8 Å². The number of carbonyl (C=O) groups excluding carboxylic acids is 1. The minimum atomic E-state index is -0.470. The number of hydrogen-bond acceptors (Lipinski definition) is 5. The van der Waals surface area contributed by atoms with Crippen molar-refractivity contribution < 1.29 is 14.6 Å². The topological polar surface area (TPSA) is 89.6 Å². The van der Waals surface area contributed by atoms with E-state index in [0.29, 0.717) is 0 Å². The highest BCUT2D eigenvalue weighted by atomic mass is 32.1. The van der Waals surface area contributed by atoms with Crippen LogP contribution in [0.4, 0.5) is 11.4 Å². The number of hydrogen-bond donors (Lipinski definition) is 2. The van der Waals surface area contributed by atoms with E-state index in [1.165, 1.54) is 6.07 Å². The molecule has 3 rings (SSSR count). The van der Waals surface area contributed by atoms with Gasteiger partial charge in [-0.05, 0) is 50.1 Å². The molecule has 2 atom stereocenters. The Balaban J connectivity index is 1.72. The van der Waals surface area contributed by atoms with Crippen LogP contribution in [0.3, 0.4) is 0 Å². The Kier molecular flexibility index (Phi) is 5.71. The van der Waals surface area contributed by atoms with E-state index in [9.17, 15) is 14.9 Å². The maximum absolute atomic E-state index is 12.5. The lowest BCUT2D eigenvalue weighted by atomic mass is 10.1. The quantitative estimate of drug-likeness (QED) is 0.492. The lowest BCUT2D eigenvalue weighted by Crippen LogP contribution is -3.10. The number of nitrogens with one attached hydrogen (secondary N) is 2.